The van der Waals surface area contributed by atoms with Crippen molar-refractivity contribution >= 4 is 35.1 Å². The molecule has 6 N–H and O–H groups in total. The molecule has 17 nitrogen and oxygen atoms in total. The van der Waals surface area contributed by atoms with E-state index in [1.54, 1.807) is 4.98 Å². The van der Waals surface area contributed by atoms with Crippen LogP contribution in [0.2, 0.25) is 0 Å². The van der Waals surface area contributed by atoms with Crippen molar-refractivity contribution in [1.29, 1.82) is 0 Å². The second-order valence-electron chi connectivity index (χ2n) is 6.24. The largest absolute Gasteiger partial charge is 0.490 e. The Kier molecular flexibility index (Phi) is 8.07. The molecule has 1 aliphatic heterocycles. The fourth-order valence-corrected chi connectivity index (χ4v) is 6.10. The molecular formula is C10H16ClFN3O14P3. The van der Waals surface area contributed by atoms with E-state index in [-0.39, 0.29) is 0 Å². The molecule has 1 aliphatic rings. The molecule has 0 saturated carbocycles. The lowest BCUT2D eigenvalue weighted by atomic mass is 9.98. The Morgan fingerprint density at radius 1 is 1.28 bits per heavy atom. The van der Waals surface area contributed by atoms with Gasteiger partial charge in [-0.3, -0.25) is 14.3 Å². The number of alkyl halides is 2. The predicted molar refractivity (Wildman–Crippen MR) is 98.0 cm³/mol. The number of aliphatic hydroxyl groups is 1. The van der Waals surface area contributed by atoms with E-state index in [2.05, 4.69) is 18.2 Å². The summed E-state index contributed by atoms with van der Waals surface area (Å²) in [4.78, 5) is 58.3. The first-order valence-electron chi connectivity index (χ1n) is 7.99. The molecule has 0 spiro atoms. The molecule has 0 aromatic carbocycles. The third-order valence-electron chi connectivity index (χ3n) is 3.84. The van der Waals surface area contributed by atoms with Crippen LogP contribution in [-0.4, -0.2) is 69.3 Å². The molecule has 1 saturated heterocycles. The van der Waals surface area contributed by atoms with Gasteiger partial charge >= 0.3 is 29.2 Å². The Labute approximate surface area is 181 Å². The average Bonchev–Trinajstić information content (AvgIpc) is 2.84. The second-order valence-corrected chi connectivity index (χ2v) is 11.3. The smallest absolute Gasteiger partial charge is 0.388 e. The van der Waals surface area contributed by atoms with Crippen molar-refractivity contribution in [2.45, 2.75) is 36.3 Å². The molecule has 2 rings (SSSR count). The van der Waals surface area contributed by atoms with E-state index in [1.807, 2.05) is 0 Å². The Morgan fingerprint density at radius 2 is 1.88 bits per heavy atom. The lowest BCUT2D eigenvalue weighted by Gasteiger charge is -2.27. The number of phosphoric acid groups is 3. The number of halogens is 2. The highest BCUT2D eigenvalue weighted by Gasteiger charge is 2.59. The highest BCUT2D eigenvalue weighted by molar-refractivity contribution is 7.66. The monoisotopic (exact) mass is 549 g/mol. The maximum absolute atomic E-state index is 13.7. The van der Waals surface area contributed by atoms with E-state index in [0.717, 1.165) is 6.92 Å². The summed E-state index contributed by atoms with van der Waals surface area (Å²) >= 11 is 6.06. The highest BCUT2D eigenvalue weighted by Crippen LogP contribution is 2.66. The number of ether oxygens (including phenoxy) is 1. The van der Waals surface area contributed by atoms with Gasteiger partial charge < -0.3 is 29.4 Å². The lowest BCUT2D eigenvalue weighted by molar-refractivity contribution is -0.0793. The van der Waals surface area contributed by atoms with Gasteiger partial charge in [-0.2, -0.15) is 18.4 Å². The van der Waals surface area contributed by atoms with Crippen molar-refractivity contribution in [2.24, 2.45) is 0 Å². The van der Waals surface area contributed by atoms with Gasteiger partial charge in [-0.05, 0) is 6.92 Å². The topological polar surface area (TPSA) is 257 Å². The van der Waals surface area contributed by atoms with Crippen LogP contribution in [0.25, 0.3) is 0 Å². The van der Waals surface area contributed by atoms with Crippen LogP contribution in [0, 0.1) is 0 Å². The molecule has 0 bridgehead atoms. The van der Waals surface area contributed by atoms with Crippen LogP contribution in [0.3, 0.4) is 0 Å². The van der Waals surface area contributed by atoms with E-state index in [4.69, 9.17) is 31.0 Å². The van der Waals surface area contributed by atoms with E-state index in [9.17, 15) is 37.7 Å². The molecule has 22 heteroatoms. The molecule has 0 aliphatic carbocycles. The quantitative estimate of drug-likeness (QED) is 0.157. The number of nitrogens with one attached hydrogen (secondary N) is 1. The maximum Gasteiger partial charge on any atom is 0.490 e. The first-order chi connectivity index (χ1) is 14.4. The average molecular weight is 550 g/mol. The Hall–Kier alpha value is -0.840. The van der Waals surface area contributed by atoms with Gasteiger partial charge in [0, 0.05) is 0 Å². The van der Waals surface area contributed by atoms with Crippen LogP contribution < -0.4 is 11.2 Å². The number of phosphoric ester groups is 1. The third kappa shape index (κ3) is 6.39. The minimum atomic E-state index is -5.82. The van der Waals surface area contributed by atoms with Gasteiger partial charge in [-0.1, -0.05) is 0 Å². The van der Waals surface area contributed by atoms with Crippen molar-refractivity contribution in [2.75, 3.05) is 6.67 Å². The molecular weight excluding hydrogens is 533 g/mol. The van der Waals surface area contributed by atoms with Gasteiger partial charge in [0.05, 0.1) is 6.10 Å². The molecule has 0 radical (unpaired) electrons. The summed E-state index contributed by atoms with van der Waals surface area (Å²) in [5.41, 5.74) is -2.11. The molecule has 1 fully saturated rings. The molecule has 0 amide bonds. The van der Waals surface area contributed by atoms with Crippen LogP contribution in [0.15, 0.2) is 15.8 Å². The van der Waals surface area contributed by atoms with Gasteiger partial charge in [0.15, 0.2) is 6.23 Å². The first-order valence-corrected chi connectivity index (χ1v) is 12.9. The number of aromatic amines is 1. The van der Waals surface area contributed by atoms with Crippen LogP contribution in [0.5, 0.6) is 0 Å². The fourth-order valence-electron chi connectivity index (χ4n) is 2.63. The normalized spacial score (nSPS) is 31.1. The van der Waals surface area contributed by atoms with E-state index < -0.39 is 70.8 Å². The van der Waals surface area contributed by atoms with Gasteiger partial charge in [0.2, 0.25) is 0 Å². The van der Waals surface area contributed by atoms with Gasteiger partial charge in [0.1, 0.15) is 30.0 Å². The minimum absolute atomic E-state index is 0.384. The van der Waals surface area contributed by atoms with Gasteiger partial charge in [-0.25, -0.2) is 22.9 Å². The third-order valence-corrected chi connectivity index (χ3v) is 8.28. The van der Waals surface area contributed by atoms with Crippen molar-refractivity contribution < 1.29 is 60.6 Å². The zero-order valence-electron chi connectivity index (χ0n) is 15.5. The Balaban J connectivity index is 2.26. The zero-order valence-corrected chi connectivity index (χ0v) is 18.9. The minimum Gasteiger partial charge on any atom is -0.388 e. The summed E-state index contributed by atoms with van der Waals surface area (Å²) in [6.07, 6.45) is -6.88. The fraction of sp³-hybridized carbons (Fsp3) is 0.700. The number of H-pyrrole nitrogens is 1. The molecule has 3 unspecified atom stereocenters. The molecule has 7 atom stereocenters. The molecule has 32 heavy (non-hydrogen) atoms. The summed E-state index contributed by atoms with van der Waals surface area (Å²) in [6, 6.07) is 0. The van der Waals surface area contributed by atoms with Crippen molar-refractivity contribution in [1.82, 2.24) is 14.8 Å². The second kappa shape index (κ2) is 9.43. The summed E-state index contributed by atoms with van der Waals surface area (Å²) in [5, 5.41) is 13.8. The van der Waals surface area contributed by atoms with Crippen LogP contribution in [0.1, 0.15) is 13.2 Å². The number of hydrogen-bond donors (Lipinski definition) is 6. The summed E-state index contributed by atoms with van der Waals surface area (Å²) in [6.45, 7) is -0.598. The highest BCUT2D eigenvalue weighted by atomic mass is 35.5. The number of nitrogens with zero attached hydrogens (tertiary/aromatic N) is 2. The molecule has 1 aromatic rings. The first kappa shape index (κ1) is 27.4. The lowest BCUT2D eigenvalue weighted by Crippen LogP contribution is -2.48. The SMILES string of the molecule is C[C@@H](OP(=O)(O)OP(=O)(O)OP(=O)(O)O)[C@H]1O[C@@H](n2ncc(=O)[nH]c2=O)[C@@](Cl)(CF)C1O. The maximum atomic E-state index is 13.7. The van der Waals surface area contributed by atoms with Crippen molar-refractivity contribution in [3.63, 3.8) is 0 Å². The van der Waals surface area contributed by atoms with Crippen molar-refractivity contribution in [3.8, 4) is 0 Å². The molecule has 184 valence electrons. The predicted octanol–water partition coefficient (Wildman–Crippen LogP) is -1.13. The van der Waals surface area contributed by atoms with E-state index in [1.165, 1.54) is 0 Å². The summed E-state index contributed by atoms with van der Waals surface area (Å²) in [7, 11) is -17.1. The van der Waals surface area contributed by atoms with Gasteiger partial charge in [-0.15, -0.1) is 11.6 Å². The number of hydrogen-bond acceptors (Lipinski definition) is 11. The number of aromatic nitrogens is 3. The van der Waals surface area contributed by atoms with Gasteiger partial charge in [0.25, 0.3) is 5.56 Å². The van der Waals surface area contributed by atoms with E-state index >= 15 is 0 Å². The zero-order chi connectivity index (χ0) is 24.7. The molecule has 1 aromatic heterocycles. The standard InChI is InChI=1S/C10H16ClFN3O14P3/c1-4(27-31(22,23)29-32(24,25)28-30(19,20)21)6-7(17)10(11,3-12)8(26-6)15-9(18)14-5(16)2-13-15/h2,4,6-8,17H,3H2,1H3,(H,22,23)(H,24,25)(H,14,16,18)(H2,19,20,21)/t4-,6-,7?,8-,10-/m1/s1. The summed E-state index contributed by atoms with van der Waals surface area (Å²) < 4.78 is 65.0. The Bertz CT molecular complexity index is 1110. The molecule has 2 heterocycles. The number of aliphatic hydroxyl groups excluding tert-OH is 1. The van der Waals surface area contributed by atoms with Crippen LogP contribution in [0.4, 0.5) is 4.39 Å². The van der Waals surface area contributed by atoms with Crippen LogP contribution in [-0.2, 0) is 31.6 Å². The summed E-state index contributed by atoms with van der Waals surface area (Å²) in [5.74, 6) is 0. The van der Waals surface area contributed by atoms with Crippen molar-refractivity contribution in [3.05, 3.63) is 27.0 Å². The van der Waals surface area contributed by atoms with Crippen LogP contribution >= 0.6 is 35.1 Å². The Morgan fingerprint density at radius 3 is 2.38 bits per heavy atom. The van der Waals surface area contributed by atoms with E-state index in [0.29, 0.717) is 10.9 Å². The number of rotatable bonds is 9.